The normalized spacial score (nSPS) is 19.8. The van der Waals surface area contributed by atoms with Crippen LogP contribution in [0.3, 0.4) is 0 Å². The lowest BCUT2D eigenvalue weighted by Gasteiger charge is -2.35. The topological polar surface area (TPSA) is 76.8 Å². The van der Waals surface area contributed by atoms with E-state index in [9.17, 15) is 13.2 Å². The smallest absolute Gasteiger partial charge is 0.490 e. The second-order valence-corrected chi connectivity index (χ2v) is 9.99. The summed E-state index contributed by atoms with van der Waals surface area (Å²) in [4.78, 5) is 18.9. The van der Waals surface area contributed by atoms with Crippen LogP contribution in [-0.4, -0.2) is 57.5 Å². The predicted molar refractivity (Wildman–Crippen MR) is 124 cm³/mol. The Morgan fingerprint density at radius 2 is 1.94 bits per heavy atom. The van der Waals surface area contributed by atoms with Crippen molar-refractivity contribution in [2.24, 2.45) is 0 Å². The number of carboxylic acid groups (broad SMARTS) is 1. The third-order valence-corrected chi connectivity index (χ3v) is 7.08. The van der Waals surface area contributed by atoms with E-state index in [2.05, 4.69) is 45.6 Å². The van der Waals surface area contributed by atoms with Gasteiger partial charge in [0.05, 0.1) is 25.5 Å². The number of aliphatic carboxylic acids is 1. The first-order chi connectivity index (χ1) is 16.6. The zero-order chi connectivity index (χ0) is 25.2. The zero-order valence-electron chi connectivity index (χ0n) is 19.3. The number of carboxylic acids is 1. The molecule has 1 atom stereocenters. The highest BCUT2D eigenvalue weighted by molar-refractivity contribution is 7.11. The molecule has 0 saturated carbocycles. The first-order valence-corrected chi connectivity index (χ1v) is 11.8. The van der Waals surface area contributed by atoms with Gasteiger partial charge in [0.25, 0.3) is 0 Å². The van der Waals surface area contributed by atoms with E-state index >= 15 is 0 Å². The van der Waals surface area contributed by atoms with Gasteiger partial charge in [-0.3, -0.25) is 4.90 Å². The minimum atomic E-state index is -5.08. The Balaban J connectivity index is 0.000000364. The second kappa shape index (κ2) is 10.00. The third kappa shape index (κ3) is 5.85. The summed E-state index contributed by atoms with van der Waals surface area (Å²) in [6.45, 7) is 6.70. The first-order valence-electron chi connectivity index (χ1n) is 11.0. The highest BCUT2D eigenvalue weighted by Crippen LogP contribution is 2.36. The maximum Gasteiger partial charge on any atom is 0.490 e. The molecule has 2 aliphatic heterocycles. The van der Waals surface area contributed by atoms with Crippen LogP contribution in [0, 0.1) is 6.92 Å². The summed E-state index contributed by atoms with van der Waals surface area (Å²) in [6, 6.07) is 12.7. The molecule has 188 valence electrons. The fourth-order valence-corrected chi connectivity index (χ4v) is 5.28. The minimum absolute atomic E-state index is 0.110. The van der Waals surface area contributed by atoms with Crippen LogP contribution >= 0.6 is 11.3 Å². The van der Waals surface area contributed by atoms with Gasteiger partial charge in [0.2, 0.25) is 0 Å². The summed E-state index contributed by atoms with van der Waals surface area (Å²) in [5.74, 6) is -0.867. The molecule has 4 heterocycles. The number of aromatic nitrogens is 2. The highest BCUT2D eigenvalue weighted by atomic mass is 32.1. The summed E-state index contributed by atoms with van der Waals surface area (Å²) >= 11 is 1.89. The number of imidazole rings is 1. The third-order valence-electron chi connectivity index (χ3n) is 6.09. The SMILES string of the molecule is COc1ccc(-c2cnc3n2CC2(CCN(Cc4ccc(C)s4)C2)OC3)cc1.O=C(O)C(F)(F)F. The summed E-state index contributed by atoms with van der Waals surface area (Å²) < 4.78 is 45.7. The number of hydrogen-bond acceptors (Lipinski definition) is 6. The molecule has 2 aromatic heterocycles. The molecule has 1 spiro atoms. The molecule has 35 heavy (non-hydrogen) atoms. The quantitative estimate of drug-likeness (QED) is 0.548. The number of thiophene rings is 1. The van der Waals surface area contributed by atoms with Crippen LogP contribution in [0.25, 0.3) is 11.3 Å². The van der Waals surface area contributed by atoms with E-state index < -0.39 is 12.1 Å². The van der Waals surface area contributed by atoms with Crippen molar-refractivity contribution in [1.29, 1.82) is 0 Å². The van der Waals surface area contributed by atoms with Crippen molar-refractivity contribution < 1.29 is 32.5 Å². The van der Waals surface area contributed by atoms with Gasteiger partial charge in [0.15, 0.2) is 0 Å². The number of rotatable bonds is 4. The number of ether oxygens (including phenoxy) is 2. The second-order valence-electron chi connectivity index (χ2n) is 8.62. The molecule has 0 amide bonds. The molecule has 1 aromatic carbocycles. The number of alkyl halides is 3. The monoisotopic (exact) mass is 509 g/mol. The van der Waals surface area contributed by atoms with E-state index in [1.165, 1.54) is 15.3 Å². The van der Waals surface area contributed by atoms with Gasteiger partial charge in [-0.1, -0.05) is 0 Å². The van der Waals surface area contributed by atoms with E-state index in [0.717, 1.165) is 49.9 Å². The Morgan fingerprint density at radius 3 is 2.54 bits per heavy atom. The van der Waals surface area contributed by atoms with E-state index in [1.807, 2.05) is 29.7 Å². The van der Waals surface area contributed by atoms with Crippen LogP contribution in [0.2, 0.25) is 0 Å². The van der Waals surface area contributed by atoms with Crippen LogP contribution in [0.5, 0.6) is 5.75 Å². The van der Waals surface area contributed by atoms with Crippen molar-refractivity contribution in [3.8, 4) is 17.0 Å². The fourth-order valence-electron chi connectivity index (χ4n) is 4.35. The van der Waals surface area contributed by atoms with Crippen LogP contribution in [0.4, 0.5) is 13.2 Å². The van der Waals surface area contributed by atoms with Gasteiger partial charge in [0.1, 0.15) is 23.8 Å². The van der Waals surface area contributed by atoms with E-state index in [0.29, 0.717) is 6.61 Å². The molecule has 1 unspecified atom stereocenters. The average molecular weight is 510 g/mol. The summed E-state index contributed by atoms with van der Waals surface area (Å²) in [5.41, 5.74) is 2.22. The number of likely N-dealkylation sites (tertiary alicyclic amines) is 1. The Kier molecular flexibility index (Phi) is 7.20. The number of hydrogen-bond donors (Lipinski definition) is 1. The van der Waals surface area contributed by atoms with Crippen molar-refractivity contribution in [2.75, 3.05) is 20.2 Å². The summed E-state index contributed by atoms with van der Waals surface area (Å²) in [6.07, 6.45) is -2.04. The standard InChI is InChI=1S/C22H25N3O2S.C2HF3O2/c1-16-3-8-19(28-16)12-24-10-9-22(14-24)15-25-20(11-23-21(25)13-27-22)17-4-6-18(26-2)7-5-17;3-2(4,5)1(6)7/h3-8,11H,9-10,12-15H2,1-2H3;(H,6,7). The average Bonchev–Trinajstić information content (AvgIpc) is 3.53. The molecule has 1 N–H and O–H groups in total. The van der Waals surface area contributed by atoms with Crippen molar-refractivity contribution in [3.63, 3.8) is 0 Å². The molecule has 2 aliphatic rings. The number of benzene rings is 1. The van der Waals surface area contributed by atoms with Crippen molar-refractivity contribution in [3.05, 3.63) is 58.2 Å². The van der Waals surface area contributed by atoms with Crippen LogP contribution < -0.4 is 4.74 Å². The molecule has 1 saturated heterocycles. The highest BCUT2D eigenvalue weighted by Gasteiger charge is 2.43. The van der Waals surface area contributed by atoms with Gasteiger partial charge < -0.3 is 19.1 Å². The summed E-state index contributed by atoms with van der Waals surface area (Å²) in [5, 5.41) is 7.12. The Labute approximate surface area is 204 Å². The minimum Gasteiger partial charge on any atom is -0.497 e. The van der Waals surface area contributed by atoms with E-state index in [1.54, 1.807) is 7.11 Å². The van der Waals surface area contributed by atoms with Gasteiger partial charge in [-0.05, 0) is 49.7 Å². The number of aryl methyl sites for hydroxylation is 1. The molecule has 1 fully saturated rings. The molecule has 5 rings (SSSR count). The molecule has 7 nitrogen and oxygen atoms in total. The van der Waals surface area contributed by atoms with E-state index in [-0.39, 0.29) is 5.60 Å². The maximum absolute atomic E-state index is 10.6. The van der Waals surface area contributed by atoms with Crippen LogP contribution in [0.15, 0.2) is 42.6 Å². The van der Waals surface area contributed by atoms with Gasteiger partial charge >= 0.3 is 12.1 Å². The molecular formula is C24H26F3N3O4S. The molecule has 11 heteroatoms. The lowest BCUT2D eigenvalue weighted by molar-refractivity contribution is -0.192. The Morgan fingerprint density at radius 1 is 1.23 bits per heavy atom. The van der Waals surface area contributed by atoms with Gasteiger partial charge in [-0.2, -0.15) is 13.2 Å². The van der Waals surface area contributed by atoms with Crippen molar-refractivity contribution in [1.82, 2.24) is 14.5 Å². The van der Waals surface area contributed by atoms with Gasteiger partial charge in [0, 0.05) is 35.0 Å². The molecule has 0 radical (unpaired) electrons. The molecule has 0 bridgehead atoms. The largest absolute Gasteiger partial charge is 0.497 e. The number of carbonyl (C=O) groups is 1. The van der Waals surface area contributed by atoms with Crippen LogP contribution in [0.1, 0.15) is 22.0 Å². The number of halogens is 3. The summed E-state index contributed by atoms with van der Waals surface area (Å²) in [7, 11) is 1.69. The fraction of sp³-hybridized carbons (Fsp3) is 0.417. The number of fused-ring (bicyclic) bond motifs is 1. The lowest BCUT2D eigenvalue weighted by atomic mass is 10.0. The van der Waals surface area contributed by atoms with Crippen molar-refractivity contribution in [2.45, 2.75) is 44.8 Å². The predicted octanol–water partition coefficient (Wildman–Crippen LogP) is 4.74. The van der Waals surface area contributed by atoms with E-state index in [4.69, 9.17) is 19.4 Å². The lowest BCUT2D eigenvalue weighted by Crippen LogP contribution is -2.44. The number of nitrogens with zero attached hydrogens (tertiary/aromatic N) is 3. The molecular weight excluding hydrogens is 483 g/mol. The Hall–Kier alpha value is -2.89. The van der Waals surface area contributed by atoms with Gasteiger partial charge in [-0.15, -0.1) is 11.3 Å². The van der Waals surface area contributed by atoms with Crippen molar-refractivity contribution >= 4 is 17.3 Å². The van der Waals surface area contributed by atoms with Crippen LogP contribution in [-0.2, 0) is 29.2 Å². The van der Waals surface area contributed by atoms with Gasteiger partial charge in [-0.25, -0.2) is 9.78 Å². The molecule has 0 aliphatic carbocycles. The maximum atomic E-state index is 10.6. The molecule has 3 aromatic rings. The zero-order valence-corrected chi connectivity index (χ0v) is 20.2. The number of methoxy groups -OCH3 is 1. The first kappa shape index (κ1) is 25.2. The Bertz CT molecular complexity index is 1180.